The third-order valence-corrected chi connectivity index (χ3v) is 13.7. The number of aromatic nitrogens is 4. The molecule has 0 aromatic carbocycles. The number of anilines is 1. The normalized spacial score (nSPS) is 22.3. The predicted octanol–water partition coefficient (Wildman–Crippen LogP) is -12.4. The van der Waals surface area contributed by atoms with Crippen LogP contribution in [0.1, 0.15) is 12.6 Å². The summed E-state index contributed by atoms with van der Waals surface area (Å²) in [5.41, 5.74) is -0.0211. The number of hydrogen-bond donors (Lipinski definition) is 3. The molecular weight excluding hydrogens is 827 g/mol. The molecule has 3 rings (SSSR count). The molecule has 2 unspecified atom stereocenters. The van der Waals surface area contributed by atoms with Gasteiger partial charge in [-0.1, -0.05) is 35.0 Å². The van der Waals surface area contributed by atoms with E-state index in [0.717, 1.165) is 10.9 Å². The zero-order valence-electron chi connectivity index (χ0n) is 25.7. The Morgan fingerprint density at radius 2 is 1.69 bits per heavy atom. The molecule has 1 aliphatic heterocycles. The number of rotatable bonds is 15. The monoisotopic (exact) mass is 847 g/mol. The van der Waals surface area contributed by atoms with Crippen molar-refractivity contribution >= 4 is 75.0 Å². The molecule has 252 valence electrons. The van der Waals surface area contributed by atoms with Crippen molar-refractivity contribution in [2.24, 2.45) is 0 Å². The van der Waals surface area contributed by atoms with E-state index in [0.29, 0.717) is 11.8 Å². The molecule has 1 fully saturated rings. The van der Waals surface area contributed by atoms with E-state index in [-0.39, 0.29) is 154 Å². The van der Waals surface area contributed by atoms with E-state index in [1.54, 1.807) is 0 Å². The van der Waals surface area contributed by atoms with Gasteiger partial charge in [0.25, 0.3) is 7.82 Å². The number of thioether (sulfide) groups is 1. The molecule has 18 nitrogen and oxygen atoms in total. The second kappa shape index (κ2) is 21.6. The smallest absolute Gasteiger partial charge is 0.808 e. The summed E-state index contributed by atoms with van der Waals surface area (Å²) in [5, 5.41) is 23.8. The van der Waals surface area contributed by atoms with Gasteiger partial charge in [0.05, 0.1) is 26.0 Å². The summed E-state index contributed by atoms with van der Waals surface area (Å²) in [4.78, 5) is 58.5. The summed E-state index contributed by atoms with van der Waals surface area (Å²) in [7, 11) is -17.4. The molecule has 6 atom stereocenters. The minimum Gasteiger partial charge on any atom is -0.808 e. The first-order valence-corrected chi connectivity index (χ1v) is 18.0. The maximum atomic E-state index is 12.7. The van der Waals surface area contributed by atoms with Crippen LogP contribution in [0.5, 0.6) is 0 Å². The maximum Gasteiger partial charge on any atom is 1.00 e. The van der Waals surface area contributed by atoms with Crippen molar-refractivity contribution < 1.29 is 193 Å². The second-order valence-electron chi connectivity index (χ2n) is 8.69. The minimum atomic E-state index is -6.41. The van der Waals surface area contributed by atoms with Crippen molar-refractivity contribution in [1.82, 2.24) is 19.5 Å². The summed E-state index contributed by atoms with van der Waals surface area (Å²) in [6.45, 7) is -0.824. The van der Waals surface area contributed by atoms with Gasteiger partial charge in [0.1, 0.15) is 18.3 Å². The minimum absolute atomic E-state index is 0. The first-order valence-electron chi connectivity index (χ1n) is 11.7. The number of phosphoric ester groups is 1. The number of nitrogens with one attached hydrogen (secondary N) is 1. The SMILES string of the molecule is COCCNc1nc(SCCC(F)(F)F)nc2c1ncn2[C@@H]1O[C@H](COP(=O)([O-])OP(=O)([O-])C(Cl)(Cl)P(=O)([O-])[O-])[C@@H](O)[C@H]1O.[Na+].[Na+].[Na+].[Na+]. The maximum absolute atomic E-state index is 12.7. The number of imidazole rings is 1. The van der Waals surface area contributed by atoms with Crippen LogP contribution in [-0.2, 0) is 32.0 Å². The number of alkyl halides is 5. The van der Waals surface area contributed by atoms with E-state index in [9.17, 15) is 56.7 Å². The van der Waals surface area contributed by atoms with Gasteiger partial charge in [-0.25, -0.2) is 15.0 Å². The summed E-state index contributed by atoms with van der Waals surface area (Å²) in [6.07, 6.45) is -11.6. The van der Waals surface area contributed by atoms with Crippen molar-refractivity contribution in [3.63, 3.8) is 0 Å². The number of ether oxygens (including phenoxy) is 2. The Balaban J connectivity index is 0. The average Bonchev–Trinajstić information content (AvgIpc) is 3.41. The second-order valence-corrected chi connectivity index (χ2v) is 17.6. The molecule has 2 aromatic heterocycles. The first-order chi connectivity index (χ1) is 20.1. The van der Waals surface area contributed by atoms with Crippen LogP contribution in [0.3, 0.4) is 0 Å². The number of methoxy groups -OCH3 is 1. The molecule has 31 heteroatoms. The van der Waals surface area contributed by atoms with Crippen molar-refractivity contribution in [2.45, 2.75) is 46.1 Å². The predicted molar refractivity (Wildman–Crippen MR) is 137 cm³/mol. The zero-order chi connectivity index (χ0) is 33.3. The number of fused-ring (bicyclic) bond motifs is 1. The number of aliphatic hydroxyl groups excluding tert-OH is 2. The molecule has 48 heavy (non-hydrogen) atoms. The molecule has 0 aliphatic carbocycles. The van der Waals surface area contributed by atoms with Gasteiger partial charge in [-0.15, -0.1) is 0 Å². The molecule has 3 N–H and O–H groups in total. The molecule has 0 radical (unpaired) electrons. The average molecular weight is 848 g/mol. The molecule has 3 heterocycles. The molecule has 2 aromatic rings. The fraction of sp³-hybridized carbons (Fsp3) is 0.706. The first kappa shape index (κ1) is 53.5. The quantitative estimate of drug-likeness (QED) is 0.0375. The van der Waals surface area contributed by atoms with Gasteiger partial charge in [-0.3, -0.25) is 13.4 Å². The van der Waals surface area contributed by atoms with Crippen molar-refractivity contribution in [2.75, 3.05) is 37.9 Å². The van der Waals surface area contributed by atoms with Crippen LogP contribution in [0.25, 0.3) is 11.2 Å². The Labute approximate surface area is 373 Å². The molecule has 0 bridgehead atoms. The van der Waals surface area contributed by atoms with Gasteiger partial charge in [-0.05, 0) is 7.60 Å². The van der Waals surface area contributed by atoms with Gasteiger partial charge in [0.15, 0.2) is 36.0 Å². The molecule has 0 saturated carbocycles. The Morgan fingerprint density at radius 3 is 2.23 bits per heavy atom. The van der Waals surface area contributed by atoms with E-state index >= 15 is 0 Å². The van der Waals surface area contributed by atoms with Crippen LogP contribution in [0, 0.1) is 0 Å². The molecule has 1 aliphatic rings. The number of halogens is 5. The summed E-state index contributed by atoms with van der Waals surface area (Å²) < 4.78 is 88.2. The number of phosphoric acid groups is 1. The van der Waals surface area contributed by atoms with Gasteiger partial charge in [0.2, 0.25) is 3.82 Å². The number of aliphatic hydroxyl groups is 2. The molecular formula is C17H21Cl2F3N5Na4O13P3S. The van der Waals surface area contributed by atoms with E-state index in [1.807, 2.05) is 0 Å². The Kier molecular flexibility index (Phi) is 24.1. The van der Waals surface area contributed by atoms with E-state index < -0.39 is 76.3 Å². The third-order valence-electron chi connectivity index (χ3n) is 5.49. The number of nitrogens with zero attached hydrogens (tertiary/aromatic N) is 4. The van der Waals surface area contributed by atoms with Gasteiger partial charge >= 0.3 is 124 Å². The topological polar surface area (TPSA) is 276 Å². The fourth-order valence-corrected chi connectivity index (χ4v) is 8.29. The van der Waals surface area contributed by atoms with Crippen LogP contribution in [0.2, 0.25) is 0 Å². The van der Waals surface area contributed by atoms with E-state index in [2.05, 4.69) is 29.1 Å². The summed E-state index contributed by atoms with van der Waals surface area (Å²) >= 11 is 10.6. The van der Waals surface area contributed by atoms with Gasteiger partial charge in [0, 0.05) is 19.4 Å². The Hall–Kier alpha value is 3.36. The molecule has 1 saturated heterocycles. The summed E-state index contributed by atoms with van der Waals surface area (Å²) in [6, 6.07) is 0. The summed E-state index contributed by atoms with van der Waals surface area (Å²) in [5.74, 6) is -0.361. The van der Waals surface area contributed by atoms with E-state index in [1.165, 1.54) is 7.11 Å². The Bertz CT molecular complexity index is 1490. The van der Waals surface area contributed by atoms with Crippen molar-refractivity contribution in [3.8, 4) is 0 Å². The van der Waals surface area contributed by atoms with Crippen LogP contribution >= 0.6 is 58.0 Å². The molecule has 0 amide bonds. The largest absolute Gasteiger partial charge is 1.00 e. The molecule has 0 spiro atoms. The zero-order valence-corrected chi connectivity index (χ0v) is 38.7. The van der Waals surface area contributed by atoms with Crippen LogP contribution < -0.4 is 143 Å². The van der Waals surface area contributed by atoms with Crippen LogP contribution in [-0.4, -0.2) is 90.7 Å². The van der Waals surface area contributed by atoms with Crippen molar-refractivity contribution in [1.29, 1.82) is 0 Å². The standard InChI is InChI=1S/C17H25Cl2F3N5O13P3S.4Na/c1-37-4-3-23-12-9-13(26-15(25-12)44-5-2-16(20,21)22)27(7-24-9)14-11(29)10(28)8(39-14)6-38-43(35,36)40-42(33,34)17(18,19)41(30,31)32;;;;/h7-8,10-11,14,28-29H,2-6H2,1H3,(H,33,34)(H,35,36)(H,23,25,26)(H2,30,31,32);;;;/q;4*+1/p-4/t8-,10-,11-,14-;;;;/m1..../s1. The van der Waals surface area contributed by atoms with Gasteiger partial charge in [-0.2, -0.15) is 13.2 Å². The van der Waals surface area contributed by atoms with Crippen LogP contribution in [0.15, 0.2) is 11.5 Å². The van der Waals surface area contributed by atoms with Gasteiger partial charge < -0.3 is 58.2 Å². The Morgan fingerprint density at radius 1 is 1.08 bits per heavy atom. The van der Waals surface area contributed by atoms with E-state index in [4.69, 9.17) is 32.7 Å². The fourth-order valence-electron chi connectivity index (χ4n) is 3.42. The van der Waals surface area contributed by atoms with Crippen LogP contribution in [0.4, 0.5) is 19.0 Å². The number of hydrogen-bond acceptors (Lipinski definition) is 18. The third kappa shape index (κ3) is 14.1. The van der Waals surface area contributed by atoms with Crippen molar-refractivity contribution in [3.05, 3.63) is 6.33 Å².